The van der Waals surface area contributed by atoms with E-state index in [9.17, 15) is 0 Å². The van der Waals surface area contributed by atoms with Crippen LogP contribution in [0.4, 0.5) is 0 Å². The molecule has 2 nitrogen and oxygen atoms in total. The fourth-order valence-electron chi connectivity index (χ4n) is 1.34. The van der Waals surface area contributed by atoms with Gasteiger partial charge in [0.2, 0.25) is 0 Å². The van der Waals surface area contributed by atoms with Crippen molar-refractivity contribution in [2.75, 3.05) is 13.7 Å². The third kappa shape index (κ3) is 2.33. The van der Waals surface area contributed by atoms with E-state index in [4.69, 9.17) is 4.89 Å². The molecule has 0 bridgehead atoms. The fraction of sp³-hybridized carbons (Fsp3) is 1.00. The van der Waals surface area contributed by atoms with Gasteiger partial charge in [0.25, 0.3) is 0 Å². The van der Waals surface area contributed by atoms with E-state index in [1.807, 2.05) is 0 Å². The van der Waals surface area contributed by atoms with Gasteiger partial charge in [0, 0.05) is 0 Å². The first-order chi connectivity index (χ1) is 4.43. The summed E-state index contributed by atoms with van der Waals surface area (Å²) in [6.07, 6.45) is 5.39. The van der Waals surface area contributed by atoms with Gasteiger partial charge >= 0.3 is 0 Å². The molecule has 0 unspecified atom stereocenters. The molecule has 54 valence electrons. The van der Waals surface area contributed by atoms with Gasteiger partial charge in [-0.15, -0.1) is 0 Å². The van der Waals surface area contributed by atoms with E-state index < -0.39 is 0 Å². The Morgan fingerprint density at radius 1 is 1.33 bits per heavy atom. The Morgan fingerprint density at radius 2 is 2.00 bits per heavy atom. The Bertz CT molecular complexity index is 67.3. The molecule has 0 aliphatic heterocycles. The molecular weight excluding hydrogens is 116 g/mol. The van der Waals surface area contributed by atoms with Gasteiger partial charge < -0.3 is 0 Å². The lowest BCUT2D eigenvalue weighted by atomic mass is 10.1. The lowest BCUT2D eigenvalue weighted by Crippen LogP contribution is -2.03. The minimum Gasteiger partial charge on any atom is -0.240 e. The normalized spacial score (nSPS) is 21.0. The zero-order chi connectivity index (χ0) is 6.53. The number of rotatable bonds is 3. The standard InChI is InChI=1S/C7H14O2/c1-8-9-6-7-4-2-3-5-7/h7H,2-6H2,1H3. The maximum atomic E-state index is 4.82. The maximum absolute atomic E-state index is 4.82. The van der Waals surface area contributed by atoms with E-state index in [0.29, 0.717) is 0 Å². The zero-order valence-corrected chi connectivity index (χ0v) is 5.93. The summed E-state index contributed by atoms with van der Waals surface area (Å²) in [6, 6.07) is 0. The van der Waals surface area contributed by atoms with Crippen LogP contribution in [0.3, 0.4) is 0 Å². The summed E-state index contributed by atoms with van der Waals surface area (Å²) in [5.74, 6) is 0.768. The average Bonchev–Trinajstić information content (AvgIpc) is 2.34. The highest BCUT2D eigenvalue weighted by molar-refractivity contribution is 4.65. The third-order valence-electron chi connectivity index (χ3n) is 1.90. The summed E-state index contributed by atoms with van der Waals surface area (Å²) < 4.78 is 0. The predicted octanol–water partition coefficient (Wildman–Crippen LogP) is 1.75. The molecule has 1 fully saturated rings. The Labute approximate surface area is 56.1 Å². The zero-order valence-electron chi connectivity index (χ0n) is 5.93. The Balaban J connectivity index is 1.98. The van der Waals surface area contributed by atoms with Crippen molar-refractivity contribution in [2.24, 2.45) is 5.92 Å². The van der Waals surface area contributed by atoms with Crippen molar-refractivity contribution < 1.29 is 9.78 Å². The van der Waals surface area contributed by atoms with Crippen molar-refractivity contribution in [1.82, 2.24) is 0 Å². The molecule has 0 spiro atoms. The van der Waals surface area contributed by atoms with Gasteiger partial charge in [-0.05, 0) is 18.8 Å². The molecule has 0 aromatic heterocycles. The van der Waals surface area contributed by atoms with Crippen LogP contribution < -0.4 is 0 Å². The van der Waals surface area contributed by atoms with E-state index in [-0.39, 0.29) is 0 Å². The Morgan fingerprint density at radius 3 is 2.56 bits per heavy atom. The van der Waals surface area contributed by atoms with Crippen molar-refractivity contribution in [1.29, 1.82) is 0 Å². The molecule has 1 saturated carbocycles. The van der Waals surface area contributed by atoms with Gasteiger partial charge in [-0.2, -0.15) is 0 Å². The molecule has 9 heavy (non-hydrogen) atoms. The summed E-state index contributed by atoms with van der Waals surface area (Å²) in [5.41, 5.74) is 0. The van der Waals surface area contributed by atoms with Crippen LogP contribution in [-0.2, 0) is 9.78 Å². The van der Waals surface area contributed by atoms with E-state index >= 15 is 0 Å². The van der Waals surface area contributed by atoms with Crippen molar-refractivity contribution in [3.8, 4) is 0 Å². The summed E-state index contributed by atoms with van der Waals surface area (Å²) >= 11 is 0. The highest BCUT2D eigenvalue weighted by Gasteiger charge is 2.14. The third-order valence-corrected chi connectivity index (χ3v) is 1.90. The fourth-order valence-corrected chi connectivity index (χ4v) is 1.34. The van der Waals surface area contributed by atoms with Gasteiger partial charge in [-0.3, -0.25) is 0 Å². The van der Waals surface area contributed by atoms with Crippen LogP contribution in [0.25, 0.3) is 0 Å². The van der Waals surface area contributed by atoms with Crippen molar-refractivity contribution in [2.45, 2.75) is 25.7 Å². The Hall–Kier alpha value is -0.0800. The van der Waals surface area contributed by atoms with Crippen LogP contribution in [0.15, 0.2) is 0 Å². The van der Waals surface area contributed by atoms with Gasteiger partial charge in [-0.1, -0.05) is 12.8 Å². The second-order valence-electron chi connectivity index (χ2n) is 2.60. The molecule has 0 aromatic carbocycles. The van der Waals surface area contributed by atoms with Crippen LogP contribution in [0.5, 0.6) is 0 Å². The first-order valence-corrected chi connectivity index (χ1v) is 3.59. The van der Waals surface area contributed by atoms with E-state index in [2.05, 4.69) is 4.89 Å². The van der Waals surface area contributed by atoms with Crippen LogP contribution in [-0.4, -0.2) is 13.7 Å². The smallest absolute Gasteiger partial charge is 0.0850 e. The molecule has 0 N–H and O–H groups in total. The SMILES string of the molecule is COOCC1CCCC1. The molecule has 0 aromatic rings. The quantitative estimate of drug-likeness (QED) is 0.428. The van der Waals surface area contributed by atoms with Crippen LogP contribution in [0.2, 0.25) is 0 Å². The van der Waals surface area contributed by atoms with Crippen molar-refractivity contribution in [3.05, 3.63) is 0 Å². The first kappa shape index (κ1) is 7.03. The van der Waals surface area contributed by atoms with Crippen LogP contribution >= 0.6 is 0 Å². The highest BCUT2D eigenvalue weighted by atomic mass is 17.2. The topological polar surface area (TPSA) is 18.5 Å². The molecule has 1 aliphatic carbocycles. The van der Waals surface area contributed by atoms with E-state index in [1.54, 1.807) is 7.11 Å². The molecule has 0 heterocycles. The minimum absolute atomic E-state index is 0.768. The minimum atomic E-state index is 0.768. The first-order valence-electron chi connectivity index (χ1n) is 3.59. The lowest BCUT2D eigenvalue weighted by Gasteiger charge is -2.05. The summed E-state index contributed by atoms with van der Waals surface area (Å²) in [5, 5.41) is 0. The second kappa shape index (κ2) is 3.85. The summed E-state index contributed by atoms with van der Waals surface area (Å²) in [6.45, 7) is 0.788. The molecule has 1 rings (SSSR count). The van der Waals surface area contributed by atoms with Crippen molar-refractivity contribution in [3.63, 3.8) is 0 Å². The molecule has 0 amide bonds. The van der Waals surface area contributed by atoms with E-state index in [1.165, 1.54) is 25.7 Å². The number of hydrogen-bond acceptors (Lipinski definition) is 2. The summed E-state index contributed by atoms with van der Waals surface area (Å²) in [7, 11) is 1.56. The van der Waals surface area contributed by atoms with Crippen LogP contribution in [0.1, 0.15) is 25.7 Å². The van der Waals surface area contributed by atoms with Gasteiger partial charge in [0.1, 0.15) is 0 Å². The van der Waals surface area contributed by atoms with Gasteiger partial charge in [-0.25, -0.2) is 9.78 Å². The monoisotopic (exact) mass is 130 g/mol. The van der Waals surface area contributed by atoms with Gasteiger partial charge in [0.05, 0.1) is 13.7 Å². The molecule has 1 aliphatic rings. The molecule has 2 heteroatoms. The predicted molar refractivity (Wildman–Crippen MR) is 34.9 cm³/mol. The average molecular weight is 130 g/mol. The molecule has 0 radical (unpaired) electrons. The molecule has 0 atom stereocenters. The summed E-state index contributed by atoms with van der Waals surface area (Å²) in [4.78, 5) is 9.32. The second-order valence-corrected chi connectivity index (χ2v) is 2.60. The lowest BCUT2D eigenvalue weighted by molar-refractivity contribution is -0.279. The maximum Gasteiger partial charge on any atom is 0.0850 e. The number of hydrogen-bond donors (Lipinski definition) is 0. The Kier molecular flexibility index (Phi) is 3.01. The van der Waals surface area contributed by atoms with E-state index in [0.717, 1.165) is 12.5 Å². The van der Waals surface area contributed by atoms with Crippen LogP contribution in [0, 0.1) is 5.92 Å². The van der Waals surface area contributed by atoms with Crippen molar-refractivity contribution >= 4 is 0 Å². The largest absolute Gasteiger partial charge is 0.240 e. The molecule has 0 saturated heterocycles. The highest BCUT2D eigenvalue weighted by Crippen LogP contribution is 2.24. The molecular formula is C7H14O2. The van der Waals surface area contributed by atoms with Gasteiger partial charge in [0.15, 0.2) is 0 Å².